The van der Waals surface area contributed by atoms with Gasteiger partial charge >= 0.3 is 0 Å². The quantitative estimate of drug-likeness (QED) is 0.784. The number of nitrogens with two attached hydrogens (primary N) is 1. The highest BCUT2D eigenvalue weighted by molar-refractivity contribution is 5.81. The topological polar surface area (TPSA) is 64.3 Å². The molecule has 4 heteroatoms. The summed E-state index contributed by atoms with van der Waals surface area (Å²) in [6.45, 7) is 2.77. The van der Waals surface area contributed by atoms with Gasteiger partial charge in [-0.3, -0.25) is 4.79 Å². The Bertz CT molecular complexity index is 626. The Hall–Kier alpha value is -2.33. The maximum absolute atomic E-state index is 12.1. The molecule has 0 aliphatic rings. The van der Waals surface area contributed by atoms with Gasteiger partial charge in [0.2, 0.25) is 5.91 Å². The van der Waals surface area contributed by atoms with Gasteiger partial charge in [0.1, 0.15) is 5.75 Å². The Morgan fingerprint density at radius 1 is 1.12 bits per heavy atom. The minimum atomic E-state index is -0.510. The third kappa shape index (κ3) is 5.39. The number of nitrogens with one attached hydrogen (secondary N) is 1. The predicted octanol–water partition coefficient (Wildman–Crippen LogP) is 2.88. The maximum atomic E-state index is 12.1. The molecule has 0 spiro atoms. The molecule has 1 amide bonds. The van der Waals surface area contributed by atoms with E-state index in [9.17, 15) is 4.79 Å². The summed E-state index contributed by atoms with van der Waals surface area (Å²) in [5.41, 5.74) is 8.29. The van der Waals surface area contributed by atoms with E-state index in [-0.39, 0.29) is 5.91 Å². The normalized spacial score (nSPS) is 13.1. The van der Waals surface area contributed by atoms with Crippen molar-refractivity contribution in [1.82, 2.24) is 5.32 Å². The van der Waals surface area contributed by atoms with Crippen molar-refractivity contribution in [2.45, 2.75) is 31.7 Å². The van der Waals surface area contributed by atoms with Crippen molar-refractivity contribution in [3.63, 3.8) is 0 Å². The summed E-state index contributed by atoms with van der Waals surface area (Å²) >= 11 is 0. The molecule has 0 fully saturated rings. The summed E-state index contributed by atoms with van der Waals surface area (Å²) in [6.07, 6.45) is 1.43. The van der Waals surface area contributed by atoms with Crippen LogP contribution in [0, 0.1) is 0 Å². The number of hydrogen-bond acceptors (Lipinski definition) is 3. The van der Waals surface area contributed by atoms with Crippen LogP contribution in [0.3, 0.4) is 0 Å². The van der Waals surface area contributed by atoms with Crippen LogP contribution < -0.4 is 15.8 Å². The molecule has 0 heterocycles. The van der Waals surface area contributed by atoms with E-state index in [0.29, 0.717) is 18.9 Å². The molecule has 0 aliphatic carbocycles. The second-order valence-electron chi connectivity index (χ2n) is 6.05. The summed E-state index contributed by atoms with van der Waals surface area (Å²) in [4.78, 5) is 12.1. The first-order chi connectivity index (χ1) is 11.6. The second-order valence-corrected chi connectivity index (χ2v) is 6.05. The number of ether oxygens (including phenoxy) is 1. The fourth-order valence-corrected chi connectivity index (χ4v) is 2.60. The molecule has 0 aliphatic heterocycles. The molecule has 2 aromatic carbocycles. The molecule has 2 rings (SSSR count). The number of carbonyl (C=O) groups is 1. The first-order valence-corrected chi connectivity index (χ1v) is 8.31. The Kier molecular flexibility index (Phi) is 6.82. The van der Waals surface area contributed by atoms with Gasteiger partial charge in [0.25, 0.3) is 0 Å². The molecule has 0 saturated heterocycles. The lowest BCUT2D eigenvalue weighted by molar-refractivity contribution is -0.122. The number of carbonyl (C=O) groups excluding carboxylic acids is 1. The zero-order valence-electron chi connectivity index (χ0n) is 14.4. The fraction of sp³-hybridized carbons (Fsp3) is 0.350. The van der Waals surface area contributed by atoms with E-state index >= 15 is 0 Å². The zero-order valence-corrected chi connectivity index (χ0v) is 14.4. The molecular weight excluding hydrogens is 300 g/mol. The van der Waals surface area contributed by atoms with E-state index < -0.39 is 6.04 Å². The van der Waals surface area contributed by atoms with Gasteiger partial charge in [0, 0.05) is 6.54 Å². The Labute approximate surface area is 144 Å². The SMILES string of the molecule is COc1ccc(C(C)CCNC(=O)[C@@H](N)Cc2ccccc2)cc1. The summed E-state index contributed by atoms with van der Waals surface area (Å²) < 4.78 is 5.17. The van der Waals surface area contributed by atoms with E-state index in [4.69, 9.17) is 10.5 Å². The molecular formula is C20H26N2O2. The van der Waals surface area contributed by atoms with Crippen LogP contribution in [0.1, 0.15) is 30.4 Å². The van der Waals surface area contributed by atoms with Crippen molar-refractivity contribution in [1.29, 1.82) is 0 Å². The Balaban J connectivity index is 1.74. The lowest BCUT2D eigenvalue weighted by atomic mass is 9.97. The van der Waals surface area contributed by atoms with Gasteiger partial charge in [-0.15, -0.1) is 0 Å². The molecule has 3 N–H and O–H groups in total. The summed E-state index contributed by atoms with van der Waals surface area (Å²) in [7, 11) is 1.66. The third-order valence-corrected chi connectivity index (χ3v) is 4.20. The average Bonchev–Trinajstić information content (AvgIpc) is 2.62. The summed E-state index contributed by atoms with van der Waals surface area (Å²) in [5.74, 6) is 1.12. The molecule has 2 aromatic rings. The highest BCUT2D eigenvalue weighted by Gasteiger charge is 2.14. The lowest BCUT2D eigenvalue weighted by Gasteiger charge is -2.15. The molecule has 4 nitrogen and oxygen atoms in total. The fourth-order valence-electron chi connectivity index (χ4n) is 2.60. The van der Waals surface area contributed by atoms with Gasteiger partial charge in [0.15, 0.2) is 0 Å². The molecule has 0 saturated carbocycles. The molecule has 0 radical (unpaired) electrons. The van der Waals surface area contributed by atoms with E-state index in [1.165, 1.54) is 5.56 Å². The van der Waals surface area contributed by atoms with Crippen LogP contribution in [0.25, 0.3) is 0 Å². The second kappa shape index (κ2) is 9.08. The minimum absolute atomic E-state index is 0.0965. The smallest absolute Gasteiger partial charge is 0.237 e. The highest BCUT2D eigenvalue weighted by atomic mass is 16.5. The summed E-state index contributed by atoms with van der Waals surface area (Å²) in [5, 5.41) is 2.94. The maximum Gasteiger partial charge on any atom is 0.237 e. The summed E-state index contributed by atoms with van der Waals surface area (Å²) in [6, 6.07) is 17.4. The highest BCUT2D eigenvalue weighted by Crippen LogP contribution is 2.21. The van der Waals surface area contributed by atoms with Crippen molar-refractivity contribution in [2.24, 2.45) is 5.73 Å². The molecule has 128 valence electrons. The number of benzene rings is 2. The Morgan fingerprint density at radius 2 is 1.79 bits per heavy atom. The molecule has 24 heavy (non-hydrogen) atoms. The molecule has 2 atom stereocenters. The number of hydrogen-bond donors (Lipinski definition) is 2. The number of rotatable bonds is 8. The van der Waals surface area contributed by atoms with Gasteiger partial charge < -0.3 is 15.8 Å². The van der Waals surface area contributed by atoms with E-state index in [1.807, 2.05) is 42.5 Å². The largest absolute Gasteiger partial charge is 0.497 e. The van der Waals surface area contributed by atoms with Gasteiger partial charge in [-0.05, 0) is 42.0 Å². The van der Waals surface area contributed by atoms with Crippen LogP contribution >= 0.6 is 0 Å². The van der Waals surface area contributed by atoms with Crippen molar-refractivity contribution in [3.8, 4) is 5.75 Å². The van der Waals surface area contributed by atoms with Crippen LogP contribution in [-0.4, -0.2) is 25.6 Å². The molecule has 0 bridgehead atoms. The van der Waals surface area contributed by atoms with Crippen molar-refractivity contribution >= 4 is 5.91 Å². The van der Waals surface area contributed by atoms with Gasteiger partial charge in [-0.25, -0.2) is 0 Å². The van der Waals surface area contributed by atoms with Crippen molar-refractivity contribution < 1.29 is 9.53 Å². The first kappa shape index (κ1) is 18.0. The van der Waals surface area contributed by atoms with Crippen molar-refractivity contribution in [3.05, 3.63) is 65.7 Å². The zero-order chi connectivity index (χ0) is 17.4. The van der Waals surface area contributed by atoms with Crippen LogP contribution in [0.4, 0.5) is 0 Å². The number of amides is 1. The number of methoxy groups -OCH3 is 1. The van der Waals surface area contributed by atoms with Crippen LogP contribution in [0.5, 0.6) is 5.75 Å². The average molecular weight is 326 g/mol. The lowest BCUT2D eigenvalue weighted by Crippen LogP contribution is -2.42. The molecule has 1 unspecified atom stereocenters. The van der Waals surface area contributed by atoms with Crippen LogP contribution in [0.15, 0.2) is 54.6 Å². The standard InChI is InChI=1S/C20H26N2O2/c1-15(17-8-10-18(24-2)11-9-17)12-13-22-20(23)19(21)14-16-6-4-3-5-7-16/h3-11,15,19H,12-14,21H2,1-2H3,(H,22,23)/t15?,19-/m0/s1. The van der Waals surface area contributed by atoms with Gasteiger partial charge in [0.05, 0.1) is 13.2 Å². The minimum Gasteiger partial charge on any atom is -0.497 e. The first-order valence-electron chi connectivity index (χ1n) is 8.31. The van der Waals surface area contributed by atoms with E-state index in [1.54, 1.807) is 7.11 Å². The van der Waals surface area contributed by atoms with Crippen LogP contribution in [-0.2, 0) is 11.2 Å². The van der Waals surface area contributed by atoms with Crippen LogP contribution in [0.2, 0.25) is 0 Å². The van der Waals surface area contributed by atoms with Gasteiger partial charge in [-0.2, -0.15) is 0 Å². The van der Waals surface area contributed by atoms with E-state index in [0.717, 1.165) is 17.7 Å². The van der Waals surface area contributed by atoms with Crippen molar-refractivity contribution in [2.75, 3.05) is 13.7 Å². The van der Waals surface area contributed by atoms with E-state index in [2.05, 4.69) is 24.4 Å². The third-order valence-electron chi connectivity index (χ3n) is 4.20. The Morgan fingerprint density at radius 3 is 2.42 bits per heavy atom. The molecule has 0 aromatic heterocycles. The van der Waals surface area contributed by atoms with Gasteiger partial charge in [-0.1, -0.05) is 49.4 Å². The predicted molar refractivity (Wildman–Crippen MR) is 97.2 cm³/mol. The monoisotopic (exact) mass is 326 g/mol.